The smallest absolute Gasteiger partial charge is 0.130 e. The van der Waals surface area contributed by atoms with E-state index in [9.17, 15) is 9.50 Å². The first-order valence-electron chi connectivity index (χ1n) is 5.05. The molecule has 0 amide bonds. The third kappa shape index (κ3) is 2.32. The molecule has 0 spiro atoms. The summed E-state index contributed by atoms with van der Waals surface area (Å²) in [5.74, 6) is 0.335. The Bertz CT molecular complexity index is 364. The lowest BCUT2D eigenvalue weighted by Gasteiger charge is -2.11. The van der Waals surface area contributed by atoms with E-state index in [2.05, 4.69) is 21.2 Å². The maximum atomic E-state index is 13.5. The molecule has 0 aliphatic carbocycles. The van der Waals surface area contributed by atoms with Gasteiger partial charge in [0.15, 0.2) is 0 Å². The summed E-state index contributed by atoms with van der Waals surface area (Å²) >= 11 is 3.23. The van der Waals surface area contributed by atoms with Crippen molar-refractivity contribution in [1.29, 1.82) is 0 Å². The molecule has 15 heavy (non-hydrogen) atoms. The summed E-state index contributed by atoms with van der Waals surface area (Å²) in [6.07, 6.45) is 1.75. The van der Waals surface area contributed by atoms with Gasteiger partial charge < -0.3 is 10.4 Å². The molecule has 2 rings (SSSR count). The van der Waals surface area contributed by atoms with Crippen molar-refractivity contribution in [3.63, 3.8) is 0 Å². The molecule has 1 saturated heterocycles. The summed E-state index contributed by atoms with van der Waals surface area (Å²) in [5.41, 5.74) is 0.587. The molecule has 1 aromatic carbocycles. The van der Waals surface area contributed by atoms with E-state index in [0.29, 0.717) is 22.4 Å². The van der Waals surface area contributed by atoms with E-state index in [1.807, 2.05) is 0 Å². The summed E-state index contributed by atoms with van der Waals surface area (Å²) in [6, 6.07) is 2.69. The van der Waals surface area contributed by atoms with Crippen molar-refractivity contribution in [3.8, 4) is 5.75 Å². The van der Waals surface area contributed by atoms with Crippen LogP contribution in [0.25, 0.3) is 0 Å². The standard InChI is InChI=1S/C11H13BrFNO/c12-11-8(5-7-3-4-14-6-7)9(13)1-2-10(11)15/h1-2,7,14-15H,3-6H2. The fourth-order valence-electron chi connectivity index (χ4n) is 1.95. The van der Waals surface area contributed by atoms with Crippen LogP contribution >= 0.6 is 15.9 Å². The maximum absolute atomic E-state index is 13.5. The lowest BCUT2D eigenvalue weighted by Crippen LogP contribution is -2.11. The molecule has 0 radical (unpaired) electrons. The summed E-state index contributed by atoms with van der Waals surface area (Å²) in [6.45, 7) is 1.93. The lowest BCUT2D eigenvalue weighted by atomic mass is 9.98. The number of phenols is 1. The number of benzene rings is 1. The molecule has 4 heteroatoms. The Labute approximate surface area is 96.6 Å². The van der Waals surface area contributed by atoms with E-state index >= 15 is 0 Å². The van der Waals surface area contributed by atoms with Crippen molar-refractivity contribution in [2.24, 2.45) is 5.92 Å². The highest BCUT2D eigenvalue weighted by Crippen LogP contribution is 2.32. The van der Waals surface area contributed by atoms with Crippen molar-refractivity contribution < 1.29 is 9.50 Å². The molecule has 1 aromatic rings. The van der Waals surface area contributed by atoms with Crippen molar-refractivity contribution >= 4 is 15.9 Å². The molecule has 82 valence electrons. The van der Waals surface area contributed by atoms with E-state index in [1.54, 1.807) is 0 Å². The Hall–Kier alpha value is -0.610. The summed E-state index contributed by atoms with van der Waals surface area (Å²) in [7, 11) is 0. The van der Waals surface area contributed by atoms with Gasteiger partial charge in [0.2, 0.25) is 0 Å². The van der Waals surface area contributed by atoms with Gasteiger partial charge in [0.1, 0.15) is 11.6 Å². The van der Waals surface area contributed by atoms with Gasteiger partial charge in [0.05, 0.1) is 4.47 Å². The second-order valence-corrected chi connectivity index (χ2v) is 4.71. The number of halogens is 2. The zero-order valence-corrected chi connectivity index (χ0v) is 9.85. The highest BCUT2D eigenvalue weighted by atomic mass is 79.9. The highest BCUT2D eigenvalue weighted by molar-refractivity contribution is 9.10. The molecular formula is C11H13BrFNO. The van der Waals surface area contributed by atoms with E-state index in [-0.39, 0.29) is 11.6 Å². The first kappa shape index (κ1) is 10.9. The Morgan fingerprint density at radius 2 is 2.33 bits per heavy atom. The fraction of sp³-hybridized carbons (Fsp3) is 0.455. The fourth-order valence-corrected chi connectivity index (χ4v) is 2.43. The van der Waals surface area contributed by atoms with Gasteiger partial charge in [-0.15, -0.1) is 0 Å². The van der Waals surface area contributed by atoms with E-state index in [4.69, 9.17) is 0 Å². The third-order valence-corrected chi connectivity index (χ3v) is 3.71. The Balaban J connectivity index is 2.22. The van der Waals surface area contributed by atoms with Crippen LogP contribution < -0.4 is 5.32 Å². The third-order valence-electron chi connectivity index (χ3n) is 2.82. The van der Waals surface area contributed by atoms with E-state index in [1.165, 1.54) is 12.1 Å². The van der Waals surface area contributed by atoms with Gasteiger partial charge in [0.25, 0.3) is 0 Å². The Kier molecular flexibility index (Phi) is 3.26. The van der Waals surface area contributed by atoms with Crippen LogP contribution in [0.4, 0.5) is 4.39 Å². The minimum Gasteiger partial charge on any atom is -0.507 e. The van der Waals surface area contributed by atoms with Crippen LogP contribution in [0.15, 0.2) is 16.6 Å². The number of rotatable bonds is 2. The highest BCUT2D eigenvalue weighted by Gasteiger charge is 2.19. The molecule has 0 saturated carbocycles. The van der Waals surface area contributed by atoms with Crippen LogP contribution in [0.1, 0.15) is 12.0 Å². The molecule has 1 fully saturated rings. The second kappa shape index (κ2) is 4.49. The van der Waals surface area contributed by atoms with Crippen LogP contribution in [0.2, 0.25) is 0 Å². The molecule has 1 aliphatic rings. The molecule has 0 bridgehead atoms. The minimum absolute atomic E-state index is 0.109. The topological polar surface area (TPSA) is 32.3 Å². The van der Waals surface area contributed by atoms with Crippen LogP contribution in [0.3, 0.4) is 0 Å². The minimum atomic E-state index is -0.244. The molecule has 1 aliphatic heterocycles. The molecule has 1 atom stereocenters. The average Bonchev–Trinajstić information content (AvgIpc) is 2.71. The van der Waals surface area contributed by atoms with Crippen molar-refractivity contribution in [2.45, 2.75) is 12.8 Å². The molecule has 1 heterocycles. The molecule has 1 unspecified atom stereocenters. The monoisotopic (exact) mass is 273 g/mol. The van der Waals surface area contributed by atoms with Gasteiger partial charge in [-0.25, -0.2) is 4.39 Å². The van der Waals surface area contributed by atoms with E-state index in [0.717, 1.165) is 19.5 Å². The molecule has 2 N–H and O–H groups in total. The number of nitrogens with one attached hydrogen (secondary N) is 1. The number of phenolic OH excluding ortho intramolecular Hbond substituents is 1. The first-order chi connectivity index (χ1) is 7.18. The zero-order valence-electron chi connectivity index (χ0n) is 8.26. The molecular weight excluding hydrogens is 261 g/mol. The van der Waals surface area contributed by atoms with Gasteiger partial charge in [-0.1, -0.05) is 0 Å². The van der Waals surface area contributed by atoms with Crippen LogP contribution in [-0.2, 0) is 6.42 Å². The summed E-state index contributed by atoms with van der Waals surface area (Å²) < 4.78 is 14.0. The van der Waals surface area contributed by atoms with Gasteiger partial charge in [-0.3, -0.25) is 0 Å². The van der Waals surface area contributed by atoms with Crippen molar-refractivity contribution in [3.05, 3.63) is 28.0 Å². The largest absolute Gasteiger partial charge is 0.507 e. The quantitative estimate of drug-likeness (QED) is 0.868. The van der Waals surface area contributed by atoms with E-state index < -0.39 is 0 Å². The Morgan fingerprint density at radius 1 is 1.53 bits per heavy atom. The SMILES string of the molecule is Oc1ccc(F)c(CC2CCNC2)c1Br. The zero-order chi connectivity index (χ0) is 10.8. The number of hydrogen-bond donors (Lipinski definition) is 2. The average molecular weight is 274 g/mol. The lowest BCUT2D eigenvalue weighted by molar-refractivity contribution is 0.464. The van der Waals surface area contributed by atoms with Crippen LogP contribution in [0.5, 0.6) is 5.75 Å². The van der Waals surface area contributed by atoms with Gasteiger partial charge >= 0.3 is 0 Å². The predicted molar refractivity (Wildman–Crippen MR) is 60.4 cm³/mol. The van der Waals surface area contributed by atoms with Crippen LogP contribution in [-0.4, -0.2) is 18.2 Å². The maximum Gasteiger partial charge on any atom is 0.130 e. The van der Waals surface area contributed by atoms with Gasteiger partial charge in [-0.2, -0.15) is 0 Å². The molecule has 0 aromatic heterocycles. The number of aromatic hydroxyl groups is 1. The van der Waals surface area contributed by atoms with Gasteiger partial charge in [0, 0.05) is 5.56 Å². The summed E-state index contributed by atoms with van der Waals surface area (Å²) in [5, 5.41) is 12.7. The summed E-state index contributed by atoms with van der Waals surface area (Å²) in [4.78, 5) is 0. The number of hydrogen-bond acceptors (Lipinski definition) is 2. The first-order valence-corrected chi connectivity index (χ1v) is 5.84. The van der Waals surface area contributed by atoms with Crippen molar-refractivity contribution in [2.75, 3.05) is 13.1 Å². The van der Waals surface area contributed by atoms with Crippen LogP contribution in [0, 0.1) is 11.7 Å². The van der Waals surface area contributed by atoms with Crippen molar-refractivity contribution in [1.82, 2.24) is 5.32 Å². The second-order valence-electron chi connectivity index (χ2n) is 3.92. The predicted octanol–water partition coefficient (Wildman–Crippen LogP) is 2.45. The molecule has 2 nitrogen and oxygen atoms in total. The van der Waals surface area contributed by atoms with Gasteiger partial charge in [-0.05, 0) is 59.9 Å². The normalized spacial score (nSPS) is 20.8. The Morgan fingerprint density at radius 3 is 3.00 bits per heavy atom.